The number of methoxy groups -OCH3 is 1. The first-order valence-corrected chi connectivity index (χ1v) is 22.5. The van der Waals surface area contributed by atoms with Gasteiger partial charge in [-0.05, 0) is 78.3 Å². The molecule has 1 unspecified atom stereocenters. The van der Waals surface area contributed by atoms with Crippen LogP contribution < -0.4 is 9.47 Å². The number of amides is 1. The second kappa shape index (κ2) is 20.2. The molecule has 342 valence electrons. The standard InChI is InChI=1S/C56H55N3O8/c1-55(2,3)67-53(62)50(33-43-35-57-38-59(43)56(40-19-8-5-9-20-40,41-21-10-6-11-22-41)42-23-12-7-13-24-42)58(36-39-30-31-44(64-4)34-51(39)65-32-18-29-52(60)61)54(63)66-37-49-47-27-16-14-25-45(47)46-26-15-17-28-48(46)49/h5-17,19-28,30-31,34-35,38,49-50H,18,29,32-33,36-37H2,1-4H3,(H,60,61). The number of benzene rings is 6. The van der Waals surface area contributed by atoms with Crippen LogP contribution in [0.4, 0.5) is 4.79 Å². The summed E-state index contributed by atoms with van der Waals surface area (Å²) in [6.07, 6.45) is 2.91. The minimum atomic E-state index is -1.26. The number of ether oxygens (including phenoxy) is 4. The lowest BCUT2D eigenvalue weighted by molar-refractivity contribution is -0.161. The molecule has 0 radical (unpaired) electrons. The van der Waals surface area contributed by atoms with Crippen molar-refractivity contribution >= 4 is 18.0 Å². The van der Waals surface area contributed by atoms with Crippen molar-refractivity contribution in [2.75, 3.05) is 20.3 Å². The number of carbonyl (C=O) groups excluding carboxylic acids is 2. The number of esters is 1. The lowest BCUT2D eigenvalue weighted by Gasteiger charge is -2.39. The lowest BCUT2D eigenvalue weighted by Crippen LogP contribution is -2.49. The van der Waals surface area contributed by atoms with Crippen molar-refractivity contribution in [3.8, 4) is 22.6 Å². The second-order valence-electron chi connectivity index (χ2n) is 17.6. The van der Waals surface area contributed by atoms with E-state index >= 15 is 9.59 Å². The zero-order chi connectivity index (χ0) is 47.0. The maximum atomic E-state index is 15.2. The Hall–Kier alpha value is -7.66. The first kappa shape index (κ1) is 45.9. The molecule has 11 heteroatoms. The molecule has 0 aliphatic heterocycles. The Bertz CT molecular complexity index is 2660. The molecule has 1 aromatic heterocycles. The van der Waals surface area contributed by atoms with E-state index in [1.54, 1.807) is 51.5 Å². The Morgan fingerprint density at radius 2 is 1.30 bits per heavy atom. The number of hydrogen-bond acceptors (Lipinski definition) is 8. The van der Waals surface area contributed by atoms with Crippen LogP contribution in [0.25, 0.3) is 11.1 Å². The molecule has 0 saturated heterocycles. The number of imidazole rings is 1. The fourth-order valence-electron chi connectivity index (χ4n) is 9.11. The van der Waals surface area contributed by atoms with Gasteiger partial charge in [0.15, 0.2) is 0 Å². The fourth-order valence-corrected chi connectivity index (χ4v) is 9.11. The first-order valence-electron chi connectivity index (χ1n) is 22.5. The van der Waals surface area contributed by atoms with Crippen molar-refractivity contribution in [1.29, 1.82) is 0 Å². The predicted octanol–water partition coefficient (Wildman–Crippen LogP) is 10.7. The third kappa shape index (κ3) is 9.96. The van der Waals surface area contributed by atoms with Crippen molar-refractivity contribution in [3.63, 3.8) is 0 Å². The zero-order valence-electron chi connectivity index (χ0n) is 38.2. The monoisotopic (exact) mass is 897 g/mol. The van der Waals surface area contributed by atoms with Crippen LogP contribution in [-0.4, -0.2) is 69.6 Å². The highest BCUT2D eigenvalue weighted by Gasteiger charge is 2.42. The van der Waals surface area contributed by atoms with Crippen LogP contribution in [0, 0.1) is 0 Å². The minimum Gasteiger partial charge on any atom is -0.497 e. The summed E-state index contributed by atoms with van der Waals surface area (Å²) in [5.41, 5.74) is 6.39. The summed E-state index contributed by atoms with van der Waals surface area (Å²) in [6, 6.07) is 50.7. The van der Waals surface area contributed by atoms with E-state index in [1.807, 2.05) is 78.9 Å². The van der Waals surface area contributed by atoms with Crippen molar-refractivity contribution in [3.05, 3.63) is 209 Å². The molecule has 1 aliphatic carbocycles. The molecule has 1 amide bonds. The molecule has 0 spiro atoms. The van der Waals surface area contributed by atoms with E-state index in [0.717, 1.165) is 38.9 Å². The van der Waals surface area contributed by atoms with E-state index < -0.39 is 35.2 Å². The molecule has 67 heavy (non-hydrogen) atoms. The number of rotatable bonds is 18. The molecule has 1 N–H and O–H groups in total. The van der Waals surface area contributed by atoms with Crippen molar-refractivity contribution in [2.24, 2.45) is 0 Å². The van der Waals surface area contributed by atoms with E-state index in [1.165, 1.54) is 12.0 Å². The number of aliphatic carboxylic acids is 1. The average Bonchev–Trinajstić information content (AvgIpc) is 3.94. The number of fused-ring (bicyclic) bond motifs is 3. The molecule has 7 aromatic rings. The fraction of sp³-hybridized carbons (Fsp3) is 0.250. The highest BCUT2D eigenvalue weighted by atomic mass is 16.6. The maximum Gasteiger partial charge on any atom is 0.410 e. The van der Waals surface area contributed by atoms with Gasteiger partial charge in [0.25, 0.3) is 0 Å². The Labute approximate surface area is 391 Å². The molecule has 0 bridgehead atoms. The van der Waals surface area contributed by atoms with Gasteiger partial charge in [-0.15, -0.1) is 0 Å². The molecule has 1 atom stereocenters. The first-order chi connectivity index (χ1) is 32.5. The summed E-state index contributed by atoms with van der Waals surface area (Å²) in [5.74, 6) is -0.971. The molecule has 11 nitrogen and oxygen atoms in total. The summed E-state index contributed by atoms with van der Waals surface area (Å²) < 4.78 is 26.5. The van der Waals surface area contributed by atoms with Gasteiger partial charge >= 0.3 is 18.0 Å². The van der Waals surface area contributed by atoms with Gasteiger partial charge in [0.05, 0.1) is 26.6 Å². The molecule has 0 saturated carbocycles. The molecule has 1 aliphatic rings. The summed E-state index contributed by atoms with van der Waals surface area (Å²) in [6.45, 7) is 5.33. The summed E-state index contributed by atoms with van der Waals surface area (Å²) >= 11 is 0. The summed E-state index contributed by atoms with van der Waals surface area (Å²) in [5, 5.41) is 9.34. The molecular weight excluding hydrogens is 843 g/mol. The largest absolute Gasteiger partial charge is 0.497 e. The van der Waals surface area contributed by atoms with Gasteiger partial charge in [0.2, 0.25) is 0 Å². The van der Waals surface area contributed by atoms with Gasteiger partial charge in [0, 0.05) is 42.3 Å². The topological polar surface area (TPSA) is 129 Å². The van der Waals surface area contributed by atoms with Gasteiger partial charge in [-0.2, -0.15) is 0 Å². The van der Waals surface area contributed by atoms with Crippen LogP contribution in [0.1, 0.15) is 78.6 Å². The van der Waals surface area contributed by atoms with E-state index in [-0.39, 0.29) is 44.9 Å². The van der Waals surface area contributed by atoms with Crippen LogP contribution >= 0.6 is 0 Å². The van der Waals surface area contributed by atoms with Crippen LogP contribution in [0.2, 0.25) is 0 Å². The highest BCUT2D eigenvalue weighted by molar-refractivity contribution is 5.83. The Kier molecular flexibility index (Phi) is 13.9. The Balaban J connectivity index is 1.25. The number of aromatic nitrogens is 2. The maximum absolute atomic E-state index is 15.2. The third-order valence-corrected chi connectivity index (χ3v) is 12.1. The molecule has 0 fully saturated rings. The zero-order valence-corrected chi connectivity index (χ0v) is 38.2. The van der Waals surface area contributed by atoms with Crippen LogP contribution in [0.15, 0.2) is 170 Å². The van der Waals surface area contributed by atoms with E-state index in [4.69, 9.17) is 23.9 Å². The number of hydrogen-bond donors (Lipinski definition) is 1. The Morgan fingerprint density at radius 3 is 1.84 bits per heavy atom. The molecule has 6 aromatic carbocycles. The number of nitrogens with zero attached hydrogens (tertiary/aromatic N) is 3. The minimum absolute atomic E-state index is 0.00260. The van der Waals surface area contributed by atoms with Gasteiger partial charge in [-0.3, -0.25) is 9.69 Å². The number of carboxylic acids is 1. The average molecular weight is 898 g/mol. The van der Waals surface area contributed by atoms with E-state index in [0.29, 0.717) is 22.8 Å². The smallest absolute Gasteiger partial charge is 0.410 e. The second-order valence-corrected chi connectivity index (χ2v) is 17.6. The van der Waals surface area contributed by atoms with Gasteiger partial charge in [-0.1, -0.05) is 140 Å². The normalized spacial score (nSPS) is 12.7. The highest BCUT2D eigenvalue weighted by Crippen LogP contribution is 2.45. The number of carbonyl (C=O) groups is 3. The summed E-state index contributed by atoms with van der Waals surface area (Å²) in [7, 11) is 1.54. The van der Waals surface area contributed by atoms with Crippen molar-refractivity contribution in [1.82, 2.24) is 14.5 Å². The SMILES string of the molecule is COc1ccc(CN(C(=O)OCC2c3ccccc3-c3ccccc32)C(Cc2cncn2C(c2ccccc2)(c2ccccc2)c2ccccc2)C(=O)OC(C)(C)C)c(OCCCC(=O)O)c1. The van der Waals surface area contributed by atoms with Crippen LogP contribution in [-0.2, 0) is 37.6 Å². The van der Waals surface area contributed by atoms with Crippen molar-refractivity contribution < 1.29 is 38.4 Å². The molecular formula is C56H55N3O8. The molecule has 1 heterocycles. The Morgan fingerprint density at radius 1 is 0.746 bits per heavy atom. The van der Waals surface area contributed by atoms with Crippen LogP contribution in [0.3, 0.4) is 0 Å². The predicted molar refractivity (Wildman–Crippen MR) is 256 cm³/mol. The third-order valence-electron chi connectivity index (χ3n) is 12.1. The van der Waals surface area contributed by atoms with Gasteiger partial charge < -0.3 is 28.6 Å². The van der Waals surface area contributed by atoms with E-state index in [2.05, 4.69) is 65.2 Å². The number of carboxylic acid groups (broad SMARTS) is 1. The van der Waals surface area contributed by atoms with Gasteiger partial charge in [-0.25, -0.2) is 14.6 Å². The van der Waals surface area contributed by atoms with Gasteiger partial charge in [0.1, 0.15) is 35.3 Å². The quantitative estimate of drug-likeness (QED) is 0.0508. The molecule has 8 rings (SSSR count). The summed E-state index contributed by atoms with van der Waals surface area (Å²) in [4.78, 5) is 47.8. The van der Waals surface area contributed by atoms with Crippen LogP contribution in [0.5, 0.6) is 11.5 Å². The van der Waals surface area contributed by atoms with E-state index in [9.17, 15) is 9.90 Å². The lowest BCUT2D eigenvalue weighted by atomic mass is 9.76. The van der Waals surface area contributed by atoms with Crippen molar-refractivity contribution in [2.45, 2.75) is 69.7 Å².